The smallest absolute Gasteiger partial charge is 0.332 e. The molecule has 0 atom stereocenters. The van der Waals surface area contributed by atoms with Gasteiger partial charge in [-0.1, -0.05) is 13.8 Å². The molecule has 0 aliphatic carbocycles. The predicted octanol–water partition coefficient (Wildman–Crippen LogP) is 0.927. The highest BCUT2D eigenvalue weighted by molar-refractivity contribution is 5.77. The Bertz CT molecular complexity index is 168. The fraction of sp³-hybridized carbons (Fsp3) is 0.625. The molecule has 0 rings (SSSR count). The zero-order valence-electron chi connectivity index (χ0n) is 7.50. The summed E-state index contributed by atoms with van der Waals surface area (Å²) < 4.78 is 0. The lowest BCUT2D eigenvalue weighted by molar-refractivity contribution is -0.195. The molecule has 4 nitrogen and oxygen atoms in total. The molecule has 0 saturated carbocycles. The number of rotatable bonds is 3. The van der Waals surface area contributed by atoms with Gasteiger partial charge in [0.25, 0.3) is 5.91 Å². The van der Waals surface area contributed by atoms with Gasteiger partial charge in [0.2, 0.25) is 0 Å². The molecule has 0 N–H and O–H groups in total. The Hall–Kier alpha value is -1.06. The van der Waals surface area contributed by atoms with E-state index in [-0.39, 0.29) is 18.9 Å². The second kappa shape index (κ2) is 5.57. The Morgan fingerprint density at radius 2 is 1.92 bits per heavy atom. The first kappa shape index (κ1) is 10.9. The van der Waals surface area contributed by atoms with Crippen LogP contribution in [0.2, 0.25) is 0 Å². The minimum Gasteiger partial charge on any atom is -0.338 e. The van der Waals surface area contributed by atoms with Crippen LogP contribution in [0, 0.1) is 6.92 Å². The highest BCUT2D eigenvalue weighted by Crippen LogP contribution is 1.96. The van der Waals surface area contributed by atoms with Gasteiger partial charge >= 0.3 is 5.97 Å². The van der Waals surface area contributed by atoms with Crippen molar-refractivity contribution in [1.29, 1.82) is 0 Å². The SMILES string of the molecule is [CH2]CN(OC(=O)CC)C(=O)CC. The zero-order chi connectivity index (χ0) is 9.56. The molecule has 0 aromatic heterocycles. The summed E-state index contributed by atoms with van der Waals surface area (Å²) in [7, 11) is 0. The molecule has 0 aliphatic heterocycles. The molecule has 0 heterocycles. The number of hydroxylamine groups is 2. The van der Waals surface area contributed by atoms with Crippen LogP contribution >= 0.6 is 0 Å². The van der Waals surface area contributed by atoms with Gasteiger partial charge in [-0.15, -0.1) is 0 Å². The highest BCUT2D eigenvalue weighted by Gasteiger charge is 2.13. The van der Waals surface area contributed by atoms with Crippen LogP contribution in [-0.2, 0) is 14.4 Å². The van der Waals surface area contributed by atoms with Crippen molar-refractivity contribution >= 4 is 11.9 Å². The molecule has 0 spiro atoms. The molecule has 69 valence electrons. The Balaban J connectivity index is 3.99. The molecule has 0 bridgehead atoms. The van der Waals surface area contributed by atoms with Crippen LogP contribution in [0.15, 0.2) is 0 Å². The number of hydrogen-bond donors (Lipinski definition) is 0. The third-order valence-electron chi connectivity index (χ3n) is 1.28. The molecule has 0 fully saturated rings. The van der Waals surface area contributed by atoms with E-state index in [0.717, 1.165) is 5.06 Å². The van der Waals surface area contributed by atoms with Gasteiger partial charge < -0.3 is 4.84 Å². The van der Waals surface area contributed by atoms with E-state index in [0.29, 0.717) is 6.42 Å². The number of nitrogens with zero attached hydrogens (tertiary/aromatic N) is 1. The molecular weight excluding hydrogens is 158 g/mol. The lowest BCUT2D eigenvalue weighted by Gasteiger charge is -2.17. The second-order valence-electron chi connectivity index (χ2n) is 2.17. The van der Waals surface area contributed by atoms with E-state index in [9.17, 15) is 9.59 Å². The first-order chi connectivity index (χ1) is 5.65. The van der Waals surface area contributed by atoms with Crippen molar-refractivity contribution in [1.82, 2.24) is 5.06 Å². The van der Waals surface area contributed by atoms with E-state index in [1.54, 1.807) is 13.8 Å². The van der Waals surface area contributed by atoms with Gasteiger partial charge in [-0.25, -0.2) is 4.79 Å². The monoisotopic (exact) mass is 172 g/mol. The van der Waals surface area contributed by atoms with E-state index in [2.05, 4.69) is 11.8 Å². The van der Waals surface area contributed by atoms with Crippen molar-refractivity contribution in [3.8, 4) is 0 Å². The minimum absolute atomic E-state index is 0.151. The maximum absolute atomic E-state index is 11.0. The predicted molar refractivity (Wildman–Crippen MR) is 43.7 cm³/mol. The van der Waals surface area contributed by atoms with Crippen LogP contribution in [0.25, 0.3) is 0 Å². The molecule has 0 saturated heterocycles. The van der Waals surface area contributed by atoms with E-state index in [4.69, 9.17) is 0 Å². The van der Waals surface area contributed by atoms with Gasteiger partial charge in [0, 0.05) is 12.8 Å². The maximum atomic E-state index is 11.0. The Labute approximate surface area is 72.4 Å². The van der Waals surface area contributed by atoms with E-state index >= 15 is 0 Å². The van der Waals surface area contributed by atoms with Gasteiger partial charge in [0.05, 0.1) is 6.54 Å². The van der Waals surface area contributed by atoms with E-state index in [1.807, 2.05) is 0 Å². The molecule has 1 amide bonds. The van der Waals surface area contributed by atoms with Gasteiger partial charge in [-0.05, 0) is 6.92 Å². The van der Waals surface area contributed by atoms with Crippen LogP contribution in [0.1, 0.15) is 26.7 Å². The summed E-state index contributed by atoms with van der Waals surface area (Å²) in [4.78, 5) is 26.4. The summed E-state index contributed by atoms with van der Waals surface area (Å²) in [6, 6.07) is 0. The first-order valence-corrected chi connectivity index (χ1v) is 3.96. The van der Waals surface area contributed by atoms with Crippen molar-refractivity contribution in [2.45, 2.75) is 26.7 Å². The van der Waals surface area contributed by atoms with Crippen LogP contribution in [0.3, 0.4) is 0 Å². The topological polar surface area (TPSA) is 46.6 Å². The van der Waals surface area contributed by atoms with Crippen LogP contribution in [0.4, 0.5) is 0 Å². The fourth-order valence-corrected chi connectivity index (χ4v) is 0.585. The van der Waals surface area contributed by atoms with Crippen LogP contribution in [0.5, 0.6) is 0 Å². The molecule has 0 aliphatic rings. The molecule has 4 heteroatoms. The number of amides is 1. The second-order valence-corrected chi connectivity index (χ2v) is 2.17. The first-order valence-electron chi connectivity index (χ1n) is 3.96. The van der Waals surface area contributed by atoms with Crippen molar-refractivity contribution in [2.75, 3.05) is 6.54 Å². The lowest BCUT2D eigenvalue weighted by atomic mass is 10.4. The quantitative estimate of drug-likeness (QED) is 0.595. The Morgan fingerprint density at radius 3 is 2.25 bits per heavy atom. The molecule has 1 radical (unpaired) electrons. The van der Waals surface area contributed by atoms with Crippen molar-refractivity contribution in [3.05, 3.63) is 6.92 Å². The number of carbonyl (C=O) groups is 2. The fourth-order valence-electron chi connectivity index (χ4n) is 0.585. The Morgan fingerprint density at radius 1 is 1.33 bits per heavy atom. The summed E-state index contributed by atoms with van der Waals surface area (Å²) in [5, 5.41) is 0.978. The van der Waals surface area contributed by atoms with Gasteiger partial charge in [0.1, 0.15) is 0 Å². The molecule has 0 aromatic rings. The standard InChI is InChI=1S/C8H14NO3/c1-4-7(10)9(6-3)12-8(11)5-2/h3-6H2,1-2H3. The van der Waals surface area contributed by atoms with Gasteiger partial charge in [0.15, 0.2) is 0 Å². The number of carbonyl (C=O) groups excluding carboxylic acids is 2. The van der Waals surface area contributed by atoms with Crippen molar-refractivity contribution < 1.29 is 14.4 Å². The average Bonchev–Trinajstić information content (AvgIpc) is 2.12. The largest absolute Gasteiger partial charge is 0.338 e. The average molecular weight is 172 g/mol. The van der Waals surface area contributed by atoms with Gasteiger partial charge in [-0.3, -0.25) is 4.79 Å². The molecule has 0 aromatic carbocycles. The van der Waals surface area contributed by atoms with E-state index < -0.39 is 5.97 Å². The van der Waals surface area contributed by atoms with Crippen LogP contribution in [-0.4, -0.2) is 23.5 Å². The molecule has 12 heavy (non-hydrogen) atoms. The Kier molecular flexibility index (Phi) is 5.08. The summed E-state index contributed by atoms with van der Waals surface area (Å²) in [6.45, 7) is 6.99. The van der Waals surface area contributed by atoms with Crippen molar-refractivity contribution in [3.63, 3.8) is 0 Å². The van der Waals surface area contributed by atoms with Gasteiger partial charge in [-0.2, -0.15) is 5.06 Å². The highest BCUT2D eigenvalue weighted by atomic mass is 16.7. The third-order valence-corrected chi connectivity index (χ3v) is 1.28. The summed E-state index contributed by atoms with van der Waals surface area (Å²) in [5.41, 5.74) is 0. The normalized spacial score (nSPS) is 9.25. The summed E-state index contributed by atoms with van der Waals surface area (Å²) in [6.07, 6.45) is 0.569. The minimum atomic E-state index is -0.416. The maximum Gasteiger partial charge on any atom is 0.332 e. The summed E-state index contributed by atoms with van der Waals surface area (Å²) >= 11 is 0. The summed E-state index contributed by atoms with van der Waals surface area (Å²) in [5.74, 6) is -0.646. The van der Waals surface area contributed by atoms with Crippen LogP contribution < -0.4 is 0 Å². The van der Waals surface area contributed by atoms with E-state index in [1.165, 1.54) is 0 Å². The number of hydrogen-bond acceptors (Lipinski definition) is 3. The molecular formula is C8H14NO3. The third kappa shape index (κ3) is 3.37. The van der Waals surface area contributed by atoms with Crippen molar-refractivity contribution in [2.24, 2.45) is 0 Å². The lowest BCUT2D eigenvalue weighted by Crippen LogP contribution is -2.32. The zero-order valence-corrected chi connectivity index (χ0v) is 7.50. The molecule has 0 unspecified atom stereocenters.